The molecule has 0 spiro atoms. The van der Waals surface area contributed by atoms with Crippen LogP contribution in [0.3, 0.4) is 0 Å². The fourth-order valence-corrected chi connectivity index (χ4v) is 2.17. The summed E-state index contributed by atoms with van der Waals surface area (Å²) in [5.74, 6) is 0.145. The molecule has 0 aromatic carbocycles. The van der Waals surface area contributed by atoms with Crippen molar-refractivity contribution in [2.24, 2.45) is 0 Å². The maximum absolute atomic E-state index is 12.0. The zero-order valence-corrected chi connectivity index (χ0v) is 9.23. The minimum Gasteiger partial charge on any atom is -0.330 e. The monoisotopic (exact) mass is 204 g/mol. The van der Waals surface area contributed by atoms with Crippen LogP contribution in [0.1, 0.15) is 42.7 Å². The molecule has 80 valence electrons. The molecule has 1 aromatic rings. The summed E-state index contributed by atoms with van der Waals surface area (Å²) in [6.07, 6.45) is 3.77. The molecule has 0 unspecified atom stereocenters. The number of rotatable bonds is 3. The van der Waals surface area contributed by atoms with Gasteiger partial charge in [0.05, 0.1) is 17.8 Å². The van der Waals surface area contributed by atoms with E-state index in [4.69, 9.17) is 0 Å². The second-order valence-electron chi connectivity index (χ2n) is 3.90. The van der Waals surface area contributed by atoms with Gasteiger partial charge in [-0.2, -0.15) is 0 Å². The summed E-state index contributed by atoms with van der Waals surface area (Å²) in [5, 5.41) is 0. The number of fused-ring (bicyclic) bond motifs is 1. The van der Waals surface area contributed by atoms with Gasteiger partial charge in [0.2, 0.25) is 0 Å². The molecule has 1 amide bonds. The number of hydrogen-bond acceptors (Lipinski definition) is 2. The van der Waals surface area contributed by atoms with Gasteiger partial charge in [0.1, 0.15) is 0 Å². The van der Waals surface area contributed by atoms with Crippen LogP contribution in [0.25, 0.3) is 0 Å². The van der Waals surface area contributed by atoms with Crippen molar-refractivity contribution in [1.82, 2.24) is 9.88 Å². The number of pyridine rings is 1. The van der Waals surface area contributed by atoms with E-state index in [9.17, 15) is 4.79 Å². The first-order valence-corrected chi connectivity index (χ1v) is 5.52. The molecule has 0 fully saturated rings. The SMILES string of the molecule is CCC(CC)N1Cc2ncccc2C1=O. The van der Waals surface area contributed by atoms with E-state index in [0.717, 1.165) is 24.1 Å². The van der Waals surface area contributed by atoms with Gasteiger partial charge in [-0.25, -0.2) is 0 Å². The smallest absolute Gasteiger partial charge is 0.256 e. The molecule has 3 heteroatoms. The van der Waals surface area contributed by atoms with Crippen LogP contribution >= 0.6 is 0 Å². The second-order valence-corrected chi connectivity index (χ2v) is 3.90. The Hall–Kier alpha value is -1.38. The van der Waals surface area contributed by atoms with E-state index in [2.05, 4.69) is 18.8 Å². The molecule has 0 radical (unpaired) electrons. The third-order valence-corrected chi connectivity index (χ3v) is 3.08. The Morgan fingerprint density at radius 1 is 1.47 bits per heavy atom. The first-order valence-electron chi connectivity index (χ1n) is 5.52. The molecule has 1 aromatic heterocycles. The van der Waals surface area contributed by atoms with Gasteiger partial charge < -0.3 is 4.90 Å². The molecule has 15 heavy (non-hydrogen) atoms. The lowest BCUT2D eigenvalue weighted by Crippen LogP contribution is -2.34. The normalized spacial score (nSPS) is 14.9. The lowest BCUT2D eigenvalue weighted by Gasteiger charge is -2.25. The van der Waals surface area contributed by atoms with Gasteiger partial charge in [-0.15, -0.1) is 0 Å². The third-order valence-electron chi connectivity index (χ3n) is 3.08. The molecule has 0 aliphatic carbocycles. The molecule has 1 aliphatic rings. The third kappa shape index (κ3) is 1.62. The standard InChI is InChI=1S/C12H16N2O/c1-3-9(4-2)14-8-11-10(12(14)15)6-5-7-13-11/h5-7,9H,3-4,8H2,1-2H3. The van der Waals surface area contributed by atoms with Gasteiger partial charge in [-0.3, -0.25) is 9.78 Å². The Balaban J connectivity index is 2.27. The highest BCUT2D eigenvalue weighted by Crippen LogP contribution is 2.24. The van der Waals surface area contributed by atoms with Gasteiger partial charge in [-0.1, -0.05) is 13.8 Å². The Labute approximate surface area is 90.1 Å². The Bertz CT molecular complexity index is 372. The van der Waals surface area contributed by atoms with Crippen LogP contribution in [-0.2, 0) is 6.54 Å². The summed E-state index contributed by atoms with van der Waals surface area (Å²) >= 11 is 0. The predicted octanol–water partition coefficient (Wildman–Crippen LogP) is 2.23. The highest BCUT2D eigenvalue weighted by atomic mass is 16.2. The van der Waals surface area contributed by atoms with Crippen LogP contribution in [0.5, 0.6) is 0 Å². The molecule has 2 heterocycles. The lowest BCUT2D eigenvalue weighted by molar-refractivity contribution is 0.0692. The molecule has 2 rings (SSSR count). The summed E-state index contributed by atoms with van der Waals surface area (Å²) in [7, 11) is 0. The maximum atomic E-state index is 12.0. The van der Waals surface area contributed by atoms with Crippen LogP contribution in [-0.4, -0.2) is 21.8 Å². The van der Waals surface area contributed by atoms with Gasteiger partial charge in [0, 0.05) is 12.2 Å². The Morgan fingerprint density at radius 2 is 2.20 bits per heavy atom. The van der Waals surface area contributed by atoms with E-state index in [1.54, 1.807) is 6.20 Å². The van der Waals surface area contributed by atoms with Crippen molar-refractivity contribution >= 4 is 5.91 Å². The molecule has 0 saturated carbocycles. The van der Waals surface area contributed by atoms with Gasteiger partial charge >= 0.3 is 0 Å². The second kappa shape index (κ2) is 4.01. The van der Waals surface area contributed by atoms with Crippen LogP contribution < -0.4 is 0 Å². The van der Waals surface area contributed by atoms with Crippen LogP contribution in [0.15, 0.2) is 18.3 Å². The first kappa shape index (κ1) is 10.1. The summed E-state index contributed by atoms with van der Waals surface area (Å²) in [5.41, 5.74) is 1.71. The van der Waals surface area contributed by atoms with Gasteiger partial charge in [-0.05, 0) is 25.0 Å². The van der Waals surface area contributed by atoms with Crippen molar-refractivity contribution in [3.63, 3.8) is 0 Å². The van der Waals surface area contributed by atoms with Crippen molar-refractivity contribution in [2.45, 2.75) is 39.3 Å². The Morgan fingerprint density at radius 3 is 2.80 bits per heavy atom. The summed E-state index contributed by atoms with van der Waals surface area (Å²) in [4.78, 5) is 18.2. The van der Waals surface area contributed by atoms with E-state index in [1.165, 1.54) is 0 Å². The van der Waals surface area contributed by atoms with Gasteiger partial charge in [0.15, 0.2) is 0 Å². The molecule has 3 nitrogen and oxygen atoms in total. The van der Waals surface area contributed by atoms with Crippen LogP contribution in [0, 0.1) is 0 Å². The number of amides is 1. The molecule has 0 N–H and O–H groups in total. The van der Waals surface area contributed by atoms with E-state index >= 15 is 0 Å². The first-order chi connectivity index (χ1) is 7.27. The van der Waals surface area contributed by atoms with E-state index < -0.39 is 0 Å². The zero-order valence-electron chi connectivity index (χ0n) is 9.23. The lowest BCUT2D eigenvalue weighted by atomic mass is 10.1. The molecule has 0 bridgehead atoms. The maximum Gasteiger partial charge on any atom is 0.256 e. The molecular weight excluding hydrogens is 188 g/mol. The van der Waals surface area contributed by atoms with E-state index in [-0.39, 0.29) is 5.91 Å². The Kier molecular flexibility index (Phi) is 2.71. The quantitative estimate of drug-likeness (QED) is 0.756. The van der Waals surface area contributed by atoms with E-state index in [0.29, 0.717) is 12.6 Å². The topological polar surface area (TPSA) is 33.2 Å². The van der Waals surface area contributed by atoms with Crippen LogP contribution in [0.2, 0.25) is 0 Å². The number of nitrogens with zero attached hydrogens (tertiary/aromatic N) is 2. The fourth-order valence-electron chi connectivity index (χ4n) is 2.17. The highest BCUT2D eigenvalue weighted by molar-refractivity contribution is 5.97. The van der Waals surface area contributed by atoms with Crippen molar-refractivity contribution in [3.8, 4) is 0 Å². The fraction of sp³-hybridized carbons (Fsp3) is 0.500. The summed E-state index contributed by atoms with van der Waals surface area (Å²) in [6.45, 7) is 4.93. The van der Waals surface area contributed by atoms with Crippen molar-refractivity contribution in [2.75, 3.05) is 0 Å². The molecule has 0 saturated heterocycles. The summed E-state index contributed by atoms with van der Waals surface area (Å²) in [6, 6.07) is 4.05. The number of hydrogen-bond donors (Lipinski definition) is 0. The highest BCUT2D eigenvalue weighted by Gasteiger charge is 2.31. The largest absolute Gasteiger partial charge is 0.330 e. The minimum atomic E-state index is 0.145. The zero-order chi connectivity index (χ0) is 10.8. The van der Waals surface area contributed by atoms with Crippen LogP contribution in [0.4, 0.5) is 0 Å². The molecule has 0 atom stereocenters. The van der Waals surface area contributed by atoms with Crippen molar-refractivity contribution < 1.29 is 4.79 Å². The predicted molar refractivity (Wildman–Crippen MR) is 58.5 cm³/mol. The van der Waals surface area contributed by atoms with Crippen molar-refractivity contribution in [3.05, 3.63) is 29.6 Å². The average Bonchev–Trinajstić information content (AvgIpc) is 2.60. The molecule has 1 aliphatic heterocycles. The number of aromatic nitrogens is 1. The van der Waals surface area contributed by atoms with Gasteiger partial charge in [0.25, 0.3) is 5.91 Å². The van der Waals surface area contributed by atoms with E-state index in [1.807, 2.05) is 17.0 Å². The number of carbonyl (C=O) groups excluding carboxylic acids is 1. The number of carbonyl (C=O) groups is 1. The minimum absolute atomic E-state index is 0.145. The van der Waals surface area contributed by atoms with Crippen molar-refractivity contribution in [1.29, 1.82) is 0 Å². The molecular formula is C12H16N2O. The summed E-state index contributed by atoms with van der Waals surface area (Å²) < 4.78 is 0. The average molecular weight is 204 g/mol.